The van der Waals surface area contributed by atoms with Gasteiger partial charge in [0.05, 0.1) is 12.7 Å². The first-order valence-corrected chi connectivity index (χ1v) is 4.61. The van der Waals surface area contributed by atoms with Gasteiger partial charge in [-0.15, -0.1) is 0 Å². The molecule has 3 atom stereocenters. The van der Waals surface area contributed by atoms with Gasteiger partial charge in [0.25, 0.3) is 0 Å². The van der Waals surface area contributed by atoms with E-state index in [1.54, 1.807) is 0 Å². The molecule has 0 aliphatic carbocycles. The zero-order valence-electron chi connectivity index (χ0n) is 7.56. The van der Waals surface area contributed by atoms with Gasteiger partial charge in [-0.3, -0.25) is 0 Å². The maximum absolute atomic E-state index is 9.39. The molecule has 0 saturated carbocycles. The van der Waals surface area contributed by atoms with Gasteiger partial charge in [-0.05, 0) is 19.4 Å². The molecule has 0 unspecified atom stereocenters. The molecule has 13 heavy (non-hydrogen) atoms. The van der Waals surface area contributed by atoms with Gasteiger partial charge in [0.2, 0.25) is 0 Å². The summed E-state index contributed by atoms with van der Waals surface area (Å²) >= 11 is 0. The quantitative estimate of drug-likeness (QED) is 0.426. The number of aliphatic hydroxyl groups is 3. The molecule has 4 nitrogen and oxygen atoms in total. The van der Waals surface area contributed by atoms with Crippen molar-refractivity contribution in [2.24, 2.45) is 0 Å². The third kappa shape index (κ3) is 3.44. The fraction of sp³-hybridized carbons (Fsp3) is 0.778. The molecule has 0 aromatic heterocycles. The molecule has 4 N–H and O–H groups in total. The second kappa shape index (κ2) is 5.34. The summed E-state index contributed by atoms with van der Waals surface area (Å²) in [4.78, 5) is 0. The molecule has 0 fully saturated rings. The Hall–Kier alpha value is -0.420. The molecule has 4 heteroatoms. The number of nitrogens with one attached hydrogen (secondary N) is 1. The zero-order valence-corrected chi connectivity index (χ0v) is 7.56. The summed E-state index contributed by atoms with van der Waals surface area (Å²) in [6, 6.07) is 0.116. The Kier molecular flexibility index (Phi) is 4.38. The summed E-state index contributed by atoms with van der Waals surface area (Å²) < 4.78 is 0. The van der Waals surface area contributed by atoms with E-state index in [0.29, 0.717) is 6.42 Å². The van der Waals surface area contributed by atoms with Gasteiger partial charge in [0, 0.05) is 6.04 Å². The summed E-state index contributed by atoms with van der Waals surface area (Å²) in [5.41, 5.74) is 0. The lowest BCUT2D eigenvalue weighted by molar-refractivity contribution is -0.0200. The minimum Gasteiger partial charge on any atom is -0.394 e. The number of hydrogen-bond acceptors (Lipinski definition) is 4. The molecular weight excluding hydrogens is 170 g/mol. The monoisotopic (exact) mass is 187 g/mol. The van der Waals surface area contributed by atoms with Gasteiger partial charge in [0.15, 0.2) is 0 Å². The van der Waals surface area contributed by atoms with Gasteiger partial charge in [-0.1, -0.05) is 12.2 Å². The van der Waals surface area contributed by atoms with Crippen molar-refractivity contribution in [1.29, 1.82) is 0 Å². The highest BCUT2D eigenvalue weighted by Gasteiger charge is 2.19. The van der Waals surface area contributed by atoms with Crippen molar-refractivity contribution in [3.63, 3.8) is 0 Å². The van der Waals surface area contributed by atoms with Crippen molar-refractivity contribution in [3.05, 3.63) is 12.2 Å². The van der Waals surface area contributed by atoms with Crippen molar-refractivity contribution < 1.29 is 15.3 Å². The molecule has 0 aromatic rings. The van der Waals surface area contributed by atoms with Crippen LogP contribution in [0.5, 0.6) is 0 Å². The van der Waals surface area contributed by atoms with Gasteiger partial charge in [-0.25, -0.2) is 0 Å². The smallest absolute Gasteiger partial charge is 0.103 e. The van der Waals surface area contributed by atoms with Crippen molar-refractivity contribution in [2.45, 2.75) is 31.1 Å². The van der Waals surface area contributed by atoms with E-state index in [4.69, 9.17) is 10.2 Å². The van der Waals surface area contributed by atoms with Crippen molar-refractivity contribution in [3.8, 4) is 0 Å². The van der Waals surface area contributed by atoms with E-state index in [-0.39, 0.29) is 6.04 Å². The van der Waals surface area contributed by atoms with Crippen LogP contribution < -0.4 is 5.32 Å². The molecule has 1 heterocycles. The van der Waals surface area contributed by atoms with E-state index in [1.165, 1.54) is 0 Å². The second-order valence-electron chi connectivity index (χ2n) is 3.33. The van der Waals surface area contributed by atoms with Crippen LogP contribution >= 0.6 is 0 Å². The van der Waals surface area contributed by atoms with Crippen molar-refractivity contribution >= 4 is 0 Å². The van der Waals surface area contributed by atoms with Gasteiger partial charge >= 0.3 is 0 Å². The lowest BCUT2D eigenvalue weighted by Gasteiger charge is -2.23. The molecule has 1 aliphatic rings. The van der Waals surface area contributed by atoms with E-state index in [0.717, 1.165) is 13.0 Å². The Morgan fingerprint density at radius 3 is 2.69 bits per heavy atom. The lowest BCUT2D eigenvalue weighted by atomic mass is 10.0. The molecular formula is C9H17NO3. The minimum atomic E-state index is -1.03. The Labute approximate surface area is 77.9 Å². The van der Waals surface area contributed by atoms with E-state index in [9.17, 15) is 5.11 Å². The van der Waals surface area contributed by atoms with Crippen molar-refractivity contribution in [1.82, 2.24) is 5.32 Å². The van der Waals surface area contributed by atoms with E-state index >= 15 is 0 Å². The average Bonchev–Trinajstić information content (AvgIpc) is 2.18. The molecule has 0 aromatic carbocycles. The maximum atomic E-state index is 9.39. The Bertz CT molecular complexity index is 172. The maximum Gasteiger partial charge on any atom is 0.103 e. The zero-order chi connectivity index (χ0) is 9.68. The van der Waals surface area contributed by atoms with Gasteiger partial charge in [0.1, 0.15) is 6.10 Å². The molecule has 0 bridgehead atoms. The molecule has 1 rings (SSSR count). The predicted molar refractivity (Wildman–Crippen MR) is 49.3 cm³/mol. The molecule has 0 amide bonds. The van der Waals surface area contributed by atoms with Crippen LogP contribution in [0.25, 0.3) is 0 Å². The first-order chi connectivity index (χ1) is 6.24. The van der Waals surface area contributed by atoms with Crippen LogP contribution in [0.4, 0.5) is 0 Å². The minimum absolute atomic E-state index is 0.116. The highest BCUT2D eigenvalue weighted by molar-refractivity contribution is 4.99. The number of aliphatic hydroxyl groups excluding tert-OH is 3. The van der Waals surface area contributed by atoms with E-state index in [2.05, 4.69) is 11.4 Å². The Morgan fingerprint density at radius 1 is 1.38 bits per heavy atom. The summed E-state index contributed by atoms with van der Waals surface area (Å²) in [5.74, 6) is 0. The lowest BCUT2D eigenvalue weighted by Crippen LogP contribution is -2.39. The summed E-state index contributed by atoms with van der Waals surface area (Å²) in [6.07, 6.45) is 3.60. The predicted octanol–water partition coefficient (Wildman–Crippen LogP) is -0.991. The van der Waals surface area contributed by atoms with Crippen LogP contribution in [0, 0.1) is 0 Å². The van der Waals surface area contributed by atoms with E-state index in [1.807, 2.05) is 6.08 Å². The Morgan fingerprint density at radius 2 is 2.15 bits per heavy atom. The van der Waals surface area contributed by atoms with E-state index < -0.39 is 18.8 Å². The van der Waals surface area contributed by atoms with Crippen molar-refractivity contribution in [2.75, 3.05) is 13.2 Å². The highest BCUT2D eigenvalue weighted by atomic mass is 16.4. The second-order valence-corrected chi connectivity index (χ2v) is 3.33. The highest BCUT2D eigenvalue weighted by Crippen LogP contribution is 2.07. The third-order valence-corrected chi connectivity index (χ3v) is 2.21. The average molecular weight is 187 g/mol. The molecule has 1 aliphatic heterocycles. The number of rotatable bonds is 4. The van der Waals surface area contributed by atoms with Crippen LogP contribution in [0.3, 0.4) is 0 Å². The topological polar surface area (TPSA) is 72.7 Å². The molecule has 0 saturated heterocycles. The first kappa shape index (κ1) is 10.7. The Balaban J connectivity index is 2.30. The molecule has 0 spiro atoms. The molecule has 0 radical (unpaired) electrons. The number of hydrogen-bond donors (Lipinski definition) is 4. The fourth-order valence-corrected chi connectivity index (χ4v) is 1.38. The largest absolute Gasteiger partial charge is 0.394 e. The van der Waals surface area contributed by atoms with Gasteiger partial charge in [-0.2, -0.15) is 0 Å². The van der Waals surface area contributed by atoms with Crippen LogP contribution in [0.1, 0.15) is 12.8 Å². The third-order valence-electron chi connectivity index (χ3n) is 2.21. The van der Waals surface area contributed by atoms with Crippen LogP contribution in [-0.2, 0) is 0 Å². The SMILES string of the molecule is OC[C@@H](O)[C@@H](O)C[C@@H]1C=CCCN1. The van der Waals surface area contributed by atoms with Crippen LogP contribution in [0.15, 0.2) is 12.2 Å². The van der Waals surface area contributed by atoms with Crippen LogP contribution in [-0.4, -0.2) is 46.7 Å². The normalized spacial score (nSPS) is 27.2. The first-order valence-electron chi connectivity index (χ1n) is 4.61. The summed E-state index contributed by atoms with van der Waals surface area (Å²) in [5, 5.41) is 30.3. The molecule has 76 valence electrons. The standard InChI is InChI=1S/C9H17NO3/c11-6-9(13)8(12)5-7-3-1-2-4-10-7/h1,3,7-13H,2,4-6H2/t7-,8-,9+/m0/s1. The van der Waals surface area contributed by atoms with Gasteiger partial charge < -0.3 is 20.6 Å². The van der Waals surface area contributed by atoms with Crippen LogP contribution in [0.2, 0.25) is 0 Å². The fourth-order valence-electron chi connectivity index (χ4n) is 1.38. The summed E-state index contributed by atoms with van der Waals surface area (Å²) in [6.45, 7) is 0.515. The summed E-state index contributed by atoms with van der Waals surface area (Å²) in [7, 11) is 0.